The molecule has 3 rings (SSSR count). The fourth-order valence-corrected chi connectivity index (χ4v) is 2.43. The number of anilines is 2. The molecule has 0 aliphatic rings. The topological polar surface area (TPSA) is 55.1 Å². The van der Waals surface area contributed by atoms with Crippen LogP contribution in [0.2, 0.25) is 0 Å². The van der Waals surface area contributed by atoms with Gasteiger partial charge in [0.05, 0.1) is 0 Å². The first-order valence-corrected chi connectivity index (χ1v) is 6.82. The molecule has 108 valence electrons. The number of nitrogens with zero attached hydrogens (tertiary/aromatic N) is 4. The molecule has 0 aliphatic carbocycles. The Labute approximate surface area is 121 Å². The van der Waals surface area contributed by atoms with E-state index in [1.54, 1.807) is 10.6 Å². The van der Waals surface area contributed by atoms with Crippen LogP contribution in [0.15, 0.2) is 24.5 Å². The van der Waals surface area contributed by atoms with Crippen molar-refractivity contribution in [3.05, 3.63) is 47.2 Å². The van der Waals surface area contributed by atoms with Crippen LogP contribution in [0, 0.1) is 19.7 Å². The molecule has 0 amide bonds. The van der Waals surface area contributed by atoms with Crippen molar-refractivity contribution in [3.8, 4) is 0 Å². The number of hydrogen-bond acceptors (Lipinski definition) is 4. The molecule has 0 saturated heterocycles. The lowest BCUT2D eigenvalue weighted by atomic mass is 10.1. The molecule has 6 heteroatoms. The lowest BCUT2D eigenvalue weighted by Gasteiger charge is -2.15. The van der Waals surface area contributed by atoms with Crippen molar-refractivity contribution in [2.24, 2.45) is 0 Å². The van der Waals surface area contributed by atoms with E-state index in [2.05, 4.69) is 27.3 Å². The second kappa shape index (κ2) is 5.12. The van der Waals surface area contributed by atoms with Gasteiger partial charge in [-0.15, -0.1) is 0 Å². The average molecular weight is 285 g/mol. The van der Waals surface area contributed by atoms with E-state index >= 15 is 0 Å². The summed E-state index contributed by atoms with van der Waals surface area (Å²) in [4.78, 5) is 8.57. The maximum absolute atomic E-state index is 13.2. The fraction of sp³-hybridized carbons (Fsp3) is 0.267. The molecule has 0 saturated carbocycles. The van der Waals surface area contributed by atoms with Crippen molar-refractivity contribution in [1.82, 2.24) is 19.6 Å². The summed E-state index contributed by atoms with van der Waals surface area (Å²) in [6.45, 7) is 5.88. The van der Waals surface area contributed by atoms with Gasteiger partial charge in [-0.2, -0.15) is 14.6 Å². The zero-order chi connectivity index (χ0) is 15.0. The molecule has 0 atom stereocenters. The Morgan fingerprint density at radius 3 is 2.81 bits per heavy atom. The van der Waals surface area contributed by atoms with Crippen molar-refractivity contribution in [3.63, 3.8) is 0 Å². The molecular formula is C15H16FN5. The van der Waals surface area contributed by atoms with Gasteiger partial charge in [-0.05, 0) is 44.0 Å². The summed E-state index contributed by atoms with van der Waals surface area (Å²) in [6, 6.07) is 4.66. The van der Waals surface area contributed by atoms with Crippen LogP contribution >= 0.6 is 0 Å². The molecule has 0 spiro atoms. The van der Waals surface area contributed by atoms with E-state index in [1.165, 1.54) is 18.5 Å². The third-order valence-corrected chi connectivity index (χ3v) is 3.53. The minimum atomic E-state index is -0.245. The smallest absolute Gasteiger partial charge is 0.254 e. The summed E-state index contributed by atoms with van der Waals surface area (Å²) in [5.74, 6) is 1.13. The first kappa shape index (κ1) is 13.5. The van der Waals surface area contributed by atoms with Crippen molar-refractivity contribution in [2.45, 2.75) is 27.2 Å². The molecule has 0 unspecified atom stereocenters. The summed E-state index contributed by atoms with van der Waals surface area (Å²) in [5.41, 5.74) is 3.66. The maximum Gasteiger partial charge on any atom is 0.254 e. The molecule has 3 aromatic rings. The number of rotatable bonds is 3. The van der Waals surface area contributed by atoms with E-state index in [0.29, 0.717) is 5.78 Å². The van der Waals surface area contributed by atoms with Crippen LogP contribution in [0.5, 0.6) is 0 Å². The summed E-state index contributed by atoms with van der Waals surface area (Å²) in [7, 11) is 0. The van der Waals surface area contributed by atoms with Gasteiger partial charge >= 0.3 is 0 Å². The molecule has 21 heavy (non-hydrogen) atoms. The lowest BCUT2D eigenvalue weighted by molar-refractivity contribution is 0.627. The predicted octanol–water partition coefficient (Wildman–Crippen LogP) is 3.19. The Morgan fingerprint density at radius 1 is 1.29 bits per heavy atom. The molecule has 2 heterocycles. The van der Waals surface area contributed by atoms with E-state index in [1.807, 2.05) is 13.8 Å². The first-order valence-electron chi connectivity index (χ1n) is 6.82. The van der Waals surface area contributed by atoms with Crippen LogP contribution in [0.4, 0.5) is 15.9 Å². The summed E-state index contributed by atoms with van der Waals surface area (Å²) < 4.78 is 14.9. The molecule has 0 radical (unpaired) electrons. The highest BCUT2D eigenvalue weighted by molar-refractivity contribution is 5.65. The molecule has 5 nitrogen and oxygen atoms in total. The van der Waals surface area contributed by atoms with Gasteiger partial charge in [0.15, 0.2) is 0 Å². The van der Waals surface area contributed by atoms with Crippen LogP contribution in [-0.4, -0.2) is 19.6 Å². The average Bonchev–Trinajstić information content (AvgIpc) is 2.89. The number of aromatic nitrogens is 4. The summed E-state index contributed by atoms with van der Waals surface area (Å²) in [6.07, 6.45) is 2.29. The standard InChI is InChI=1S/C15H16FN5/c1-4-12-10(3)19-15-17-8-18-21(15)14(12)20-13-6-5-11(16)7-9(13)2/h5-8,20H,4H2,1-3H3. The van der Waals surface area contributed by atoms with E-state index in [-0.39, 0.29) is 5.82 Å². The molecule has 0 fully saturated rings. The van der Waals surface area contributed by atoms with Crippen LogP contribution < -0.4 is 5.32 Å². The third-order valence-electron chi connectivity index (χ3n) is 3.53. The van der Waals surface area contributed by atoms with E-state index in [9.17, 15) is 4.39 Å². The normalized spacial score (nSPS) is 11.0. The van der Waals surface area contributed by atoms with Crippen LogP contribution in [0.25, 0.3) is 5.78 Å². The largest absolute Gasteiger partial charge is 0.340 e. The predicted molar refractivity (Wildman–Crippen MR) is 79.3 cm³/mol. The fourth-order valence-electron chi connectivity index (χ4n) is 2.43. The second-order valence-corrected chi connectivity index (χ2v) is 4.93. The minimum absolute atomic E-state index is 0.245. The van der Waals surface area contributed by atoms with Crippen molar-refractivity contribution in [2.75, 3.05) is 5.32 Å². The zero-order valence-electron chi connectivity index (χ0n) is 12.2. The van der Waals surface area contributed by atoms with Gasteiger partial charge in [0.2, 0.25) is 0 Å². The molecule has 2 aromatic heterocycles. The molecule has 0 aliphatic heterocycles. The van der Waals surface area contributed by atoms with E-state index < -0.39 is 0 Å². The van der Waals surface area contributed by atoms with Gasteiger partial charge < -0.3 is 5.32 Å². The molecule has 1 N–H and O–H groups in total. The van der Waals surface area contributed by atoms with Crippen molar-refractivity contribution in [1.29, 1.82) is 0 Å². The Bertz CT molecular complexity index is 809. The lowest BCUT2D eigenvalue weighted by Crippen LogP contribution is -2.08. The highest BCUT2D eigenvalue weighted by Gasteiger charge is 2.14. The Balaban J connectivity index is 2.16. The van der Waals surface area contributed by atoms with Gasteiger partial charge in [-0.1, -0.05) is 6.92 Å². The van der Waals surface area contributed by atoms with E-state index in [0.717, 1.165) is 34.7 Å². The SMILES string of the molecule is CCc1c(C)nc2ncnn2c1Nc1ccc(F)cc1C. The number of benzene rings is 1. The number of hydrogen-bond donors (Lipinski definition) is 1. The van der Waals surface area contributed by atoms with Crippen LogP contribution in [0.3, 0.4) is 0 Å². The van der Waals surface area contributed by atoms with Gasteiger partial charge in [0.25, 0.3) is 5.78 Å². The molecular weight excluding hydrogens is 269 g/mol. The third kappa shape index (κ3) is 2.33. The van der Waals surface area contributed by atoms with Crippen molar-refractivity contribution >= 4 is 17.3 Å². The highest BCUT2D eigenvalue weighted by Crippen LogP contribution is 2.26. The van der Waals surface area contributed by atoms with Gasteiger partial charge in [0.1, 0.15) is 18.0 Å². The molecule has 0 bridgehead atoms. The second-order valence-electron chi connectivity index (χ2n) is 4.93. The van der Waals surface area contributed by atoms with Crippen LogP contribution in [0.1, 0.15) is 23.7 Å². The first-order chi connectivity index (χ1) is 10.1. The number of nitrogens with one attached hydrogen (secondary N) is 1. The van der Waals surface area contributed by atoms with Crippen LogP contribution in [-0.2, 0) is 6.42 Å². The highest BCUT2D eigenvalue weighted by atomic mass is 19.1. The number of aryl methyl sites for hydroxylation is 2. The zero-order valence-corrected chi connectivity index (χ0v) is 12.2. The van der Waals surface area contributed by atoms with E-state index in [4.69, 9.17) is 0 Å². The monoisotopic (exact) mass is 285 g/mol. The minimum Gasteiger partial charge on any atom is -0.340 e. The summed E-state index contributed by atoms with van der Waals surface area (Å²) in [5, 5.41) is 7.56. The summed E-state index contributed by atoms with van der Waals surface area (Å²) >= 11 is 0. The Kier molecular flexibility index (Phi) is 3.29. The van der Waals surface area contributed by atoms with Gasteiger partial charge in [-0.3, -0.25) is 0 Å². The molecule has 1 aromatic carbocycles. The van der Waals surface area contributed by atoms with Gasteiger partial charge in [-0.25, -0.2) is 9.37 Å². The van der Waals surface area contributed by atoms with Crippen molar-refractivity contribution < 1.29 is 4.39 Å². The Morgan fingerprint density at radius 2 is 2.10 bits per heavy atom. The maximum atomic E-state index is 13.2. The Hall–Kier alpha value is -2.50. The quantitative estimate of drug-likeness (QED) is 0.803. The number of fused-ring (bicyclic) bond motifs is 1. The van der Waals surface area contributed by atoms with Gasteiger partial charge in [0, 0.05) is 16.9 Å². The number of halogens is 1.